The number of thiophene rings is 1. The Labute approximate surface area is 215 Å². The Morgan fingerprint density at radius 1 is 1.14 bits per heavy atom. The van der Waals surface area contributed by atoms with Gasteiger partial charge in [0.05, 0.1) is 10.6 Å². The lowest BCUT2D eigenvalue weighted by atomic mass is 9.76. The van der Waals surface area contributed by atoms with Gasteiger partial charge >= 0.3 is 6.18 Å². The number of hydrogen-bond donors (Lipinski definition) is 1. The third-order valence-corrected chi connectivity index (χ3v) is 7.82. The SMILES string of the molecule is CN1CCC(CNC(=O)CCCc2ccc(C(=O)C(F)(F)F)s2)(c2coc(-c3ccc(F)cc3)n2)CC1. The highest BCUT2D eigenvalue weighted by molar-refractivity contribution is 7.14. The number of Topliss-reactive ketones (excluding diaryl/α,β-unsaturated/α-hetero) is 1. The molecule has 0 atom stereocenters. The molecule has 4 rings (SSSR count). The second kappa shape index (κ2) is 11.1. The third kappa shape index (κ3) is 6.64. The smallest absolute Gasteiger partial charge is 0.444 e. The van der Waals surface area contributed by atoms with Gasteiger partial charge in [-0.2, -0.15) is 13.2 Å². The molecule has 1 aliphatic rings. The minimum Gasteiger partial charge on any atom is -0.444 e. The first-order valence-corrected chi connectivity index (χ1v) is 12.7. The van der Waals surface area contributed by atoms with Crippen molar-refractivity contribution in [3.8, 4) is 11.5 Å². The van der Waals surface area contributed by atoms with E-state index >= 15 is 0 Å². The summed E-state index contributed by atoms with van der Waals surface area (Å²) in [5.41, 5.74) is 0.985. The number of hydrogen-bond acceptors (Lipinski definition) is 6. The highest BCUT2D eigenvalue weighted by atomic mass is 32.1. The number of alkyl halides is 3. The lowest BCUT2D eigenvalue weighted by Crippen LogP contribution is -2.48. The molecule has 6 nitrogen and oxygen atoms in total. The number of rotatable bonds is 9. The third-order valence-electron chi connectivity index (χ3n) is 6.68. The average molecular weight is 538 g/mol. The van der Waals surface area contributed by atoms with Gasteiger partial charge < -0.3 is 14.6 Å². The molecule has 0 bridgehead atoms. The van der Waals surface area contributed by atoms with Gasteiger partial charge in [-0.25, -0.2) is 9.37 Å². The average Bonchev–Trinajstić information content (AvgIpc) is 3.54. The summed E-state index contributed by atoms with van der Waals surface area (Å²) in [5, 5.41) is 3.00. The molecule has 2 aromatic heterocycles. The molecule has 1 amide bonds. The fourth-order valence-electron chi connectivity index (χ4n) is 4.37. The first-order valence-electron chi connectivity index (χ1n) is 11.9. The number of likely N-dealkylation sites (tertiary alicyclic amines) is 1. The van der Waals surface area contributed by atoms with Crippen LogP contribution in [0.15, 0.2) is 47.1 Å². The molecule has 1 fully saturated rings. The second-order valence-corrected chi connectivity index (χ2v) is 10.5. The van der Waals surface area contributed by atoms with Gasteiger partial charge in [0.1, 0.15) is 12.1 Å². The molecule has 3 aromatic rings. The van der Waals surface area contributed by atoms with Crippen LogP contribution in [0.2, 0.25) is 0 Å². The Balaban J connectivity index is 1.35. The molecule has 3 heterocycles. The molecule has 1 aliphatic heterocycles. The van der Waals surface area contributed by atoms with Crippen LogP contribution >= 0.6 is 11.3 Å². The Morgan fingerprint density at radius 2 is 1.84 bits per heavy atom. The van der Waals surface area contributed by atoms with E-state index < -0.39 is 17.4 Å². The van der Waals surface area contributed by atoms with Crippen LogP contribution in [0.4, 0.5) is 17.6 Å². The molecular formula is C26H27F4N3O3S. The first-order chi connectivity index (χ1) is 17.6. The maximum atomic E-state index is 13.3. The van der Waals surface area contributed by atoms with E-state index in [2.05, 4.69) is 15.2 Å². The van der Waals surface area contributed by atoms with Crippen LogP contribution in [0, 0.1) is 5.82 Å². The summed E-state index contributed by atoms with van der Waals surface area (Å²) in [5.74, 6) is -1.97. The summed E-state index contributed by atoms with van der Waals surface area (Å²) in [6, 6.07) is 8.56. The van der Waals surface area contributed by atoms with Crippen molar-refractivity contribution in [3.63, 3.8) is 0 Å². The quantitative estimate of drug-likeness (QED) is 0.293. The number of aryl methyl sites for hydroxylation is 1. The standard InChI is InChI=1S/C26H27F4N3O3S/c1-33-13-11-25(12-14-33,21-15-36-24(32-21)17-5-7-18(27)8-6-17)16-31-22(34)4-2-3-19-9-10-20(37-19)23(35)26(28,29)30/h5-10,15H,2-4,11-14,16H2,1H3,(H,31,34). The number of nitrogens with zero attached hydrogens (tertiary/aromatic N) is 2. The van der Waals surface area contributed by atoms with E-state index in [1.165, 1.54) is 24.3 Å². The van der Waals surface area contributed by atoms with Crippen molar-refractivity contribution < 1.29 is 31.6 Å². The molecule has 1 saturated heterocycles. The molecule has 198 valence electrons. The molecular weight excluding hydrogens is 510 g/mol. The predicted octanol–water partition coefficient (Wildman–Crippen LogP) is 5.39. The molecule has 0 unspecified atom stereocenters. The van der Waals surface area contributed by atoms with E-state index in [-0.39, 0.29) is 23.0 Å². The molecule has 37 heavy (non-hydrogen) atoms. The largest absolute Gasteiger partial charge is 0.455 e. The normalized spacial score (nSPS) is 16.0. The summed E-state index contributed by atoms with van der Waals surface area (Å²) < 4.78 is 56.8. The van der Waals surface area contributed by atoms with E-state index in [0.717, 1.165) is 43.0 Å². The van der Waals surface area contributed by atoms with Crippen molar-refractivity contribution >= 4 is 23.0 Å². The Kier molecular flexibility index (Phi) is 8.13. The number of piperidine rings is 1. The van der Waals surface area contributed by atoms with E-state index in [0.29, 0.717) is 35.7 Å². The molecule has 1 aromatic carbocycles. The molecule has 0 spiro atoms. The van der Waals surface area contributed by atoms with Gasteiger partial charge in [0.2, 0.25) is 11.8 Å². The van der Waals surface area contributed by atoms with Crippen molar-refractivity contribution in [3.05, 3.63) is 63.9 Å². The summed E-state index contributed by atoms with van der Waals surface area (Å²) in [6.45, 7) is 2.02. The van der Waals surface area contributed by atoms with Gasteiger partial charge in [-0.3, -0.25) is 9.59 Å². The highest BCUT2D eigenvalue weighted by Gasteiger charge is 2.40. The Bertz CT molecular complexity index is 1230. The van der Waals surface area contributed by atoms with Gasteiger partial charge in [0, 0.05) is 28.8 Å². The zero-order valence-corrected chi connectivity index (χ0v) is 21.1. The lowest BCUT2D eigenvalue weighted by molar-refractivity contribution is -0.121. The number of halogens is 4. The van der Waals surface area contributed by atoms with Crippen molar-refractivity contribution in [1.82, 2.24) is 15.2 Å². The van der Waals surface area contributed by atoms with Crippen LogP contribution in [0.3, 0.4) is 0 Å². The highest BCUT2D eigenvalue weighted by Crippen LogP contribution is 2.36. The maximum Gasteiger partial charge on any atom is 0.455 e. The molecule has 0 aliphatic carbocycles. The summed E-state index contributed by atoms with van der Waals surface area (Å²) in [7, 11) is 2.04. The Hall–Kier alpha value is -3.05. The van der Waals surface area contributed by atoms with Crippen LogP contribution in [0.1, 0.15) is 45.9 Å². The summed E-state index contributed by atoms with van der Waals surface area (Å²) in [6.07, 6.45) is -0.697. The number of ketones is 1. The molecule has 1 N–H and O–H groups in total. The zero-order chi connectivity index (χ0) is 26.6. The fraction of sp³-hybridized carbons (Fsp3) is 0.423. The second-order valence-electron chi connectivity index (χ2n) is 9.35. The number of benzene rings is 1. The van der Waals surface area contributed by atoms with Crippen LogP contribution < -0.4 is 5.32 Å². The summed E-state index contributed by atoms with van der Waals surface area (Å²) in [4.78, 5) is 31.1. The van der Waals surface area contributed by atoms with Crippen LogP contribution in [-0.4, -0.2) is 54.4 Å². The van der Waals surface area contributed by atoms with Gasteiger partial charge in [0.15, 0.2) is 0 Å². The number of aromatic nitrogens is 1. The predicted molar refractivity (Wildman–Crippen MR) is 131 cm³/mol. The van der Waals surface area contributed by atoms with Crippen molar-refractivity contribution in [2.75, 3.05) is 26.7 Å². The Morgan fingerprint density at radius 3 is 2.51 bits per heavy atom. The molecule has 11 heteroatoms. The first kappa shape index (κ1) is 27.0. The number of carbonyl (C=O) groups is 2. The van der Waals surface area contributed by atoms with Crippen molar-refractivity contribution in [2.24, 2.45) is 0 Å². The van der Waals surface area contributed by atoms with Gasteiger partial charge in [0.25, 0.3) is 5.78 Å². The maximum absolute atomic E-state index is 13.3. The van der Waals surface area contributed by atoms with E-state index in [1.807, 2.05) is 7.05 Å². The van der Waals surface area contributed by atoms with Crippen LogP contribution in [0.25, 0.3) is 11.5 Å². The number of amides is 1. The van der Waals surface area contributed by atoms with E-state index in [9.17, 15) is 27.2 Å². The van der Waals surface area contributed by atoms with Crippen LogP contribution in [-0.2, 0) is 16.6 Å². The minimum absolute atomic E-state index is 0.163. The minimum atomic E-state index is -4.89. The van der Waals surface area contributed by atoms with Crippen LogP contribution in [0.5, 0.6) is 0 Å². The van der Waals surface area contributed by atoms with E-state index in [1.54, 1.807) is 18.4 Å². The molecule has 0 saturated carbocycles. The van der Waals surface area contributed by atoms with Crippen molar-refractivity contribution in [2.45, 2.75) is 43.7 Å². The topological polar surface area (TPSA) is 75.4 Å². The number of oxazole rings is 1. The molecule has 0 radical (unpaired) electrons. The van der Waals surface area contributed by atoms with Gasteiger partial charge in [-0.05, 0) is 82.2 Å². The monoisotopic (exact) mass is 537 g/mol. The lowest BCUT2D eigenvalue weighted by Gasteiger charge is -2.39. The fourth-order valence-corrected chi connectivity index (χ4v) is 5.38. The zero-order valence-electron chi connectivity index (χ0n) is 20.2. The number of carbonyl (C=O) groups excluding carboxylic acids is 2. The number of nitrogens with one attached hydrogen (secondary N) is 1. The van der Waals surface area contributed by atoms with E-state index in [4.69, 9.17) is 4.42 Å². The van der Waals surface area contributed by atoms with Gasteiger partial charge in [-0.1, -0.05) is 0 Å². The van der Waals surface area contributed by atoms with Gasteiger partial charge in [-0.15, -0.1) is 11.3 Å². The summed E-state index contributed by atoms with van der Waals surface area (Å²) >= 11 is 0.808. The van der Waals surface area contributed by atoms with Crippen molar-refractivity contribution in [1.29, 1.82) is 0 Å².